The SMILES string of the molecule is CC1CCC(CNC(=O)c2sc3ncccc3c2N)C1. The molecule has 1 aliphatic carbocycles. The van der Waals surface area contributed by atoms with Gasteiger partial charge in [0.2, 0.25) is 0 Å². The number of amides is 1. The number of thiophene rings is 1. The number of fused-ring (bicyclic) bond motifs is 1. The van der Waals surface area contributed by atoms with Crippen LogP contribution in [0.2, 0.25) is 0 Å². The lowest BCUT2D eigenvalue weighted by molar-refractivity contribution is 0.0952. The fourth-order valence-corrected chi connectivity index (χ4v) is 3.93. The van der Waals surface area contributed by atoms with Crippen LogP contribution in [0.25, 0.3) is 10.2 Å². The monoisotopic (exact) mass is 289 g/mol. The molecule has 106 valence electrons. The third-order valence-electron chi connectivity index (χ3n) is 4.07. The molecule has 0 saturated heterocycles. The van der Waals surface area contributed by atoms with E-state index in [9.17, 15) is 4.79 Å². The van der Waals surface area contributed by atoms with Gasteiger partial charge in [0.1, 0.15) is 9.71 Å². The second kappa shape index (κ2) is 5.40. The Balaban J connectivity index is 1.71. The van der Waals surface area contributed by atoms with E-state index in [1.54, 1.807) is 6.20 Å². The molecule has 2 aromatic heterocycles. The average Bonchev–Trinajstić information content (AvgIpc) is 3.01. The summed E-state index contributed by atoms with van der Waals surface area (Å²) in [5, 5.41) is 3.90. The van der Waals surface area contributed by atoms with Crippen molar-refractivity contribution in [1.29, 1.82) is 0 Å². The van der Waals surface area contributed by atoms with E-state index in [0.29, 0.717) is 16.5 Å². The van der Waals surface area contributed by atoms with Gasteiger partial charge in [-0.05, 0) is 36.8 Å². The second-order valence-corrected chi connectivity index (χ2v) is 6.69. The Labute approximate surface area is 122 Å². The van der Waals surface area contributed by atoms with Crippen molar-refractivity contribution >= 4 is 33.1 Å². The van der Waals surface area contributed by atoms with E-state index in [1.807, 2.05) is 12.1 Å². The van der Waals surface area contributed by atoms with Crippen LogP contribution in [0.5, 0.6) is 0 Å². The first-order chi connectivity index (χ1) is 9.65. The molecule has 2 heterocycles. The standard InChI is InChI=1S/C15H19N3OS/c1-9-4-5-10(7-9)8-18-14(19)13-12(16)11-3-2-6-17-15(11)20-13/h2-3,6,9-10H,4-5,7-8,16H2,1H3,(H,18,19). The molecule has 0 aromatic carbocycles. The molecule has 1 saturated carbocycles. The number of carbonyl (C=O) groups is 1. The van der Waals surface area contributed by atoms with Crippen molar-refractivity contribution in [3.63, 3.8) is 0 Å². The van der Waals surface area contributed by atoms with Crippen molar-refractivity contribution in [3.8, 4) is 0 Å². The van der Waals surface area contributed by atoms with Crippen LogP contribution in [-0.4, -0.2) is 17.4 Å². The van der Waals surface area contributed by atoms with Crippen molar-refractivity contribution in [2.75, 3.05) is 12.3 Å². The molecule has 1 amide bonds. The highest BCUT2D eigenvalue weighted by Crippen LogP contribution is 2.32. The summed E-state index contributed by atoms with van der Waals surface area (Å²) in [7, 11) is 0. The maximum atomic E-state index is 12.3. The quantitative estimate of drug-likeness (QED) is 0.912. The Kier molecular flexibility index (Phi) is 3.61. The van der Waals surface area contributed by atoms with Crippen LogP contribution in [0.1, 0.15) is 35.9 Å². The highest BCUT2D eigenvalue weighted by molar-refractivity contribution is 7.21. The molecule has 0 radical (unpaired) electrons. The maximum absolute atomic E-state index is 12.3. The molecular formula is C15H19N3OS. The summed E-state index contributed by atoms with van der Waals surface area (Å²) in [5.41, 5.74) is 6.61. The zero-order valence-electron chi connectivity index (χ0n) is 11.6. The number of hydrogen-bond donors (Lipinski definition) is 2. The minimum atomic E-state index is -0.0648. The summed E-state index contributed by atoms with van der Waals surface area (Å²) in [5.74, 6) is 1.34. The molecule has 3 N–H and O–H groups in total. The van der Waals surface area contributed by atoms with Crippen molar-refractivity contribution in [2.45, 2.75) is 26.2 Å². The summed E-state index contributed by atoms with van der Waals surface area (Å²) >= 11 is 1.37. The third kappa shape index (κ3) is 2.50. The Morgan fingerprint density at radius 2 is 2.40 bits per heavy atom. The van der Waals surface area contributed by atoms with Gasteiger partial charge in [-0.25, -0.2) is 4.98 Å². The first-order valence-corrected chi connectivity index (χ1v) is 7.88. The number of nitrogen functional groups attached to an aromatic ring is 1. The van der Waals surface area contributed by atoms with Crippen molar-refractivity contribution in [3.05, 3.63) is 23.2 Å². The van der Waals surface area contributed by atoms with E-state index < -0.39 is 0 Å². The lowest BCUT2D eigenvalue weighted by Crippen LogP contribution is -2.28. The molecule has 0 aliphatic heterocycles. The number of hydrogen-bond acceptors (Lipinski definition) is 4. The van der Waals surface area contributed by atoms with Crippen molar-refractivity contribution in [1.82, 2.24) is 10.3 Å². The van der Waals surface area contributed by atoms with Gasteiger partial charge in [0.05, 0.1) is 5.69 Å². The summed E-state index contributed by atoms with van der Waals surface area (Å²) < 4.78 is 0. The Bertz CT molecular complexity index is 637. The van der Waals surface area contributed by atoms with Gasteiger partial charge >= 0.3 is 0 Å². The topological polar surface area (TPSA) is 68.0 Å². The zero-order valence-corrected chi connectivity index (χ0v) is 12.4. The van der Waals surface area contributed by atoms with E-state index in [2.05, 4.69) is 17.2 Å². The number of nitrogens with one attached hydrogen (secondary N) is 1. The first kappa shape index (κ1) is 13.4. The van der Waals surface area contributed by atoms with E-state index >= 15 is 0 Å². The van der Waals surface area contributed by atoms with Crippen LogP contribution in [0.4, 0.5) is 5.69 Å². The molecule has 2 aromatic rings. The van der Waals surface area contributed by atoms with E-state index in [0.717, 1.165) is 22.7 Å². The number of pyridine rings is 1. The number of nitrogens with zero attached hydrogens (tertiary/aromatic N) is 1. The summed E-state index contributed by atoms with van der Waals surface area (Å²) in [6.45, 7) is 3.03. The molecular weight excluding hydrogens is 270 g/mol. The fourth-order valence-electron chi connectivity index (χ4n) is 2.95. The van der Waals surface area contributed by atoms with Crippen LogP contribution in [0.15, 0.2) is 18.3 Å². The van der Waals surface area contributed by atoms with Gasteiger partial charge in [0.25, 0.3) is 5.91 Å². The second-order valence-electron chi connectivity index (χ2n) is 5.70. The lowest BCUT2D eigenvalue weighted by Gasteiger charge is -2.10. The van der Waals surface area contributed by atoms with Crippen LogP contribution in [0, 0.1) is 11.8 Å². The summed E-state index contributed by atoms with van der Waals surface area (Å²) in [6.07, 6.45) is 5.42. The highest BCUT2D eigenvalue weighted by Gasteiger charge is 2.23. The normalized spacial score (nSPS) is 22.2. The van der Waals surface area contributed by atoms with Crippen LogP contribution < -0.4 is 11.1 Å². The molecule has 1 aliphatic rings. The van der Waals surface area contributed by atoms with Crippen molar-refractivity contribution < 1.29 is 4.79 Å². The first-order valence-electron chi connectivity index (χ1n) is 7.06. The van der Waals surface area contributed by atoms with Gasteiger partial charge in [-0.1, -0.05) is 13.3 Å². The molecule has 1 fully saturated rings. The summed E-state index contributed by atoms with van der Waals surface area (Å²) in [4.78, 5) is 17.9. The molecule has 5 heteroatoms. The number of nitrogens with two attached hydrogens (primary N) is 1. The van der Waals surface area contributed by atoms with Gasteiger partial charge in [0.15, 0.2) is 0 Å². The van der Waals surface area contributed by atoms with Crippen LogP contribution in [0.3, 0.4) is 0 Å². The van der Waals surface area contributed by atoms with E-state index in [4.69, 9.17) is 5.73 Å². The van der Waals surface area contributed by atoms with E-state index in [-0.39, 0.29) is 5.91 Å². The smallest absolute Gasteiger partial charge is 0.263 e. The number of rotatable bonds is 3. The van der Waals surface area contributed by atoms with Crippen molar-refractivity contribution in [2.24, 2.45) is 11.8 Å². The summed E-state index contributed by atoms with van der Waals surface area (Å²) in [6, 6.07) is 3.75. The molecule has 2 unspecified atom stereocenters. The molecule has 0 spiro atoms. The van der Waals surface area contributed by atoms with Gasteiger partial charge in [-0.3, -0.25) is 4.79 Å². The predicted octanol–water partition coefficient (Wildman–Crippen LogP) is 3.04. The average molecular weight is 289 g/mol. The Morgan fingerprint density at radius 1 is 1.55 bits per heavy atom. The maximum Gasteiger partial charge on any atom is 0.263 e. The number of anilines is 1. The highest BCUT2D eigenvalue weighted by atomic mass is 32.1. The minimum Gasteiger partial charge on any atom is -0.397 e. The molecule has 4 nitrogen and oxygen atoms in total. The Hall–Kier alpha value is -1.62. The van der Waals surface area contributed by atoms with Gasteiger partial charge in [-0.15, -0.1) is 11.3 Å². The zero-order chi connectivity index (χ0) is 14.1. The van der Waals surface area contributed by atoms with Crippen LogP contribution >= 0.6 is 11.3 Å². The van der Waals surface area contributed by atoms with E-state index in [1.165, 1.54) is 30.6 Å². The number of carbonyl (C=O) groups excluding carboxylic acids is 1. The fraction of sp³-hybridized carbons (Fsp3) is 0.467. The van der Waals surface area contributed by atoms with Gasteiger partial charge in [0, 0.05) is 18.1 Å². The predicted molar refractivity (Wildman–Crippen MR) is 82.9 cm³/mol. The number of aromatic nitrogens is 1. The minimum absolute atomic E-state index is 0.0648. The third-order valence-corrected chi connectivity index (χ3v) is 5.19. The van der Waals surface area contributed by atoms with Crippen LogP contribution in [-0.2, 0) is 0 Å². The van der Waals surface area contributed by atoms with Gasteiger partial charge < -0.3 is 11.1 Å². The molecule has 20 heavy (non-hydrogen) atoms. The largest absolute Gasteiger partial charge is 0.397 e. The molecule has 0 bridgehead atoms. The Morgan fingerprint density at radius 3 is 3.10 bits per heavy atom. The van der Waals surface area contributed by atoms with Gasteiger partial charge in [-0.2, -0.15) is 0 Å². The molecule has 2 atom stereocenters. The molecule has 3 rings (SSSR count). The lowest BCUT2D eigenvalue weighted by atomic mass is 10.1.